The SMILES string of the molecule is Cc1cccc(C2(C=O)CCc3nn(-c4ccccc4F)cc3C2)c1C. The molecule has 0 spiro atoms. The van der Waals surface area contributed by atoms with E-state index in [0.717, 1.165) is 29.5 Å². The van der Waals surface area contributed by atoms with E-state index in [1.165, 1.54) is 17.2 Å². The molecule has 26 heavy (non-hydrogen) atoms. The van der Waals surface area contributed by atoms with Gasteiger partial charge in [0.25, 0.3) is 0 Å². The highest BCUT2D eigenvalue weighted by Gasteiger charge is 2.38. The standard InChI is InChI=1S/C22H21FN2O/c1-15-6-5-7-18(16(15)2)22(14-26)11-10-20-17(12-22)13-25(24-20)21-9-4-3-8-19(21)23/h3-9,13-14H,10-12H2,1-2H3. The third-order valence-electron chi connectivity index (χ3n) is 5.66. The number of hydrogen-bond acceptors (Lipinski definition) is 2. The summed E-state index contributed by atoms with van der Waals surface area (Å²) in [6, 6.07) is 12.8. The van der Waals surface area contributed by atoms with Gasteiger partial charge in [0.1, 0.15) is 17.8 Å². The summed E-state index contributed by atoms with van der Waals surface area (Å²) in [5, 5.41) is 4.58. The van der Waals surface area contributed by atoms with Gasteiger partial charge in [-0.1, -0.05) is 30.3 Å². The Kier molecular flexibility index (Phi) is 3.98. The van der Waals surface area contributed by atoms with Crippen molar-refractivity contribution in [3.05, 3.63) is 82.4 Å². The Morgan fingerprint density at radius 3 is 2.73 bits per heavy atom. The fraction of sp³-hybridized carbons (Fsp3) is 0.273. The van der Waals surface area contributed by atoms with Crippen LogP contribution in [0.3, 0.4) is 0 Å². The molecule has 0 radical (unpaired) electrons. The van der Waals surface area contributed by atoms with Crippen molar-refractivity contribution in [1.82, 2.24) is 9.78 Å². The molecule has 1 heterocycles. The number of aldehydes is 1. The second kappa shape index (κ2) is 6.20. The molecule has 1 unspecified atom stereocenters. The molecule has 1 aromatic heterocycles. The molecule has 0 saturated heterocycles. The van der Waals surface area contributed by atoms with Crippen molar-refractivity contribution in [2.24, 2.45) is 0 Å². The van der Waals surface area contributed by atoms with Gasteiger partial charge in [0.05, 0.1) is 11.1 Å². The monoisotopic (exact) mass is 348 g/mol. The second-order valence-electron chi connectivity index (χ2n) is 7.20. The number of aryl methyl sites for hydroxylation is 2. The van der Waals surface area contributed by atoms with Crippen molar-refractivity contribution >= 4 is 6.29 Å². The van der Waals surface area contributed by atoms with E-state index in [2.05, 4.69) is 31.1 Å². The number of para-hydroxylation sites is 1. The zero-order valence-corrected chi connectivity index (χ0v) is 15.0. The van der Waals surface area contributed by atoms with Gasteiger partial charge in [0.2, 0.25) is 0 Å². The minimum atomic E-state index is -0.536. The Labute approximate surface area is 152 Å². The molecule has 0 amide bonds. The number of rotatable bonds is 3. The first kappa shape index (κ1) is 16.7. The molecule has 0 saturated carbocycles. The van der Waals surface area contributed by atoms with Gasteiger partial charge < -0.3 is 4.79 Å². The number of nitrogens with zero attached hydrogens (tertiary/aromatic N) is 2. The number of benzene rings is 2. The van der Waals surface area contributed by atoms with Gasteiger partial charge in [0, 0.05) is 6.20 Å². The Bertz CT molecular complexity index is 992. The lowest BCUT2D eigenvalue weighted by Crippen LogP contribution is -2.35. The van der Waals surface area contributed by atoms with Gasteiger partial charge >= 0.3 is 0 Å². The summed E-state index contributed by atoms with van der Waals surface area (Å²) < 4.78 is 15.7. The third kappa shape index (κ3) is 2.57. The number of halogens is 1. The highest BCUT2D eigenvalue weighted by Crippen LogP contribution is 2.39. The first-order valence-electron chi connectivity index (χ1n) is 8.89. The maximum atomic E-state index is 14.1. The largest absolute Gasteiger partial charge is 0.302 e. The minimum absolute atomic E-state index is 0.302. The Hall–Kier alpha value is -2.75. The summed E-state index contributed by atoms with van der Waals surface area (Å²) in [6.07, 6.45) is 5.00. The Morgan fingerprint density at radius 2 is 1.96 bits per heavy atom. The first-order chi connectivity index (χ1) is 12.5. The minimum Gasteiger partial charge on any atom is -0.302 e. The molecule has 0 aliphatic heterocycles. The smallest absolute Gasteiger partial charge is 0.148 e. The molecular formula is C22H21FN2O. The lowest BCUT2D eigenvalue weighted by atomic mass is 9.68. The van der Waals surface area contributed by atoms with E-state index in [1.54, 1.807) is 22.9 Å². The molecule has 132 valence electrons. The highest BCUT2D eigenvalue weighted by molar-refractivity contribution is 5.71. The molecule has 2 aromatic carbocycles. The zero-order valence-electron chi connectivity index (χ0n) is 15.0. The van der Waals surface area contributed by atoms with Crippen molar-refractivity contribution in [3.8, 4) is 5.69 Å². The van der Waals surface area contributed by atoms with Crippen LogP contribution in [0.2, 0.25) is 0 Å². The Morgan fingerprint density at radius 1 is 1.15 bits per heavy atom. The second-order valence-corrected chi connectivity index (χ2v) is 7.20. The van der Waals surface area contributed by atoms with E-state index in [0.29, 0.717) is 18.5 Å². The average molecular weight is 348 g/mol. The maximum Gasteiger partial charge on any atom is 0.148 e. The predicted molar refractivity (Wildman–Crippen MR) is 99.2 cm³/mol. The molecule has 0 N–H and O–H groups in total. The van der Waals surface area contributed by atoms with Crippen LogP contribution in [0.5, 0.6) is 0 Å². The molecule has 1 aliphatic carbocycles. The van der Waals surface area contributed by atoms with Gasteiger partial charge in [-0.05, 0) is 67.5 Å². The summed E-state index contributed by atoms with van der Waals surface area (Å²) in [7, 11) is 0. The third-order valence-corrected chi connectivity index (χ3v) is 5.66. The number of fused-ring (bicyclic) bond motifs is 1. The summed E-state index contributed by atoms with van der Waals surface area (Å²) in [5.41, 5.74) is 5.33. The van der Waals surface area contributed by atoms with E-state index >= 15 is 0 Å². The number of carbonyl (C=O) groups is 1. The van der Waals surface area contributed by atoms with Crippen LogP contribution in [-0.4, -0.2) is 16.1 Å². The predicted octanol–water partition coefficient (Wildman–Crippen LogP) is 4.25. The first-order valence-corrected chi connectivity index (χ1v) is 8.89. The van der Waals surface area contributed by atoms with Crippen molar-refractivity contribution in [2.45, 2.75) is 38.5 Å². The molecule has 4 rings (SSSR count). The molecule has 1 atom stereocenters. The summed E-state index contributed by atoms with van der Waals surface area (Å²) in [6.45, 7) is 4.15. The van der Waals surface area contributed by atoms with E-state index in [-0.39, 0.29) is 5.82 Å². The van der Waals surface area contributed by atoms with Gasteiger partial charge in [-0.25, -0.2) is 9.07 Å². The molecule has 0 bridgehead atoms. The Balaban J connectivity index is 1.76. The van der Waals surface area contributed by atoms with E-state index in [9.17, 15) is 9.18 Å². The highest BCUT2D eigenvalue weighted by atomic mass is 19.1. The van der Waals surface area contributed by atoms with Gasteiger partial charge in [-0.3, -0.25) is 0 Å². The molecule has 0 fully saturated rings. The summed E-state index contributed by atoms with van der Waals surface area (Å²) in [5.74, 6) is -0.302. The molecule has 4 heteroatoms. The summed E-state index contributed by atoms with van der Waals surface area (Å²) >= 11 is 0. The van der Waals surface area contributed by atoms with Crippen LogP contribution in [-0.2, 0) is 23.1 Å². The zero-order chi connectivity index (χ0) is 18.3. The number of carbonyl (C=O) groups excluding carboxylic acids is 1. The van der Waals surface area contributed by atoms with Crippen LogP contribution in [0.25, 0.3) is 5.69 Å². The van der Waals surface area contributed by atoms with E-state index in [1.807, 2.05) is 12.3 Å². The number of hydrogen-bond donors (Lipinski definition) is 0. The van der Waals surface area contributed by atoms with Crippen molar-refractivity contribution < 1.29 is 9.18 Å². The summed E-state index contributed by atoms with van der Waals surface area (Å²) in [4.78, 5) is 12.2. The van der Waals surface area contributed by atoms with Gasteiger partial charge in [-0.2, -0.15) is 5.10 Å². The van der Waals surface area contributed by atoms with E-state index in [4.69, 9.17) is 0 Å². The topological polar surface area (TPSA) is 34.9 Å². The van der Waals surface area contributed by atoms with Crippen LogP contribution in [0.15, 0.2) is 48.7 Å². The average Bonchev–Trinajstić information content (AvgIpc) is 3.06. The molecular weight excluding hydrogens is 327 g/mol. The quantitative estimate of drug-likeness (QED) is 0.663. The molecule has 3 aromatic rings. The van der Waals surface area contributed by atoms with Crippen LogP contribution < -0.4 is 0 Å². The lowest BCUT2D eigenvalue weighted by Gasteiger charge is -2.33. The number of aromatic nitrogens is 2. The van der Waals surface area contributed by atoms with Crippen LogP contribution >= 0.6 is 0 Å². The van der Waals surface area contributed by atoms with Crippen LogP contribution in [0.4, 0.5) is 4.39 Å². The fourth-order valence-corrected chi connectivity index (χ4v) is 4.02. The normalized spacial score (nSPS) is 19.2. The van der Waals surface area contributed by atoms with Crippen molar-refractivity contribution in [2.75, 3.05) is 0 Å². The van der Waals surface area contributed by atoms with Crippen LogP contribution in [0, 0.1) is 19.7 Å². The fourth-order valence-electron chi connectivity index (χ4n) is 4.02. The maximum absolute atomic E-state index is 14.1. The van der Waals surface area contributed by atoms with E-state index < -0.39 is 5.41 Å². The molecule has 3 nitrogen and oxygen atoms in total. The van der Waals surface area contributed by atoms with Gasteiger partial charge in [0.15, 0.2) is 0 Å². The molecule has 1 aliphatic rings. The lowest BCUT2D eigenvalue weighted by molar-refractivity contribution is -0.113. The van der Waals surface area contributed by atoms with Crippen molar-refractivity contribution in [3.63, 3.8) is 0 Å². The van der Waals surface area contributed by atoms with Gasteiger partial charge in [-0.15, -0.1) is 0 Å². The van der Waals surface area contributed by atoms with Crippen LogP contribution in [0.1, 0.15) is 34.4 Å². The van der Waals surface area contributed by atoms with Crippen molar-refractivity contribution in [1.29, 1.82) is 0 Å².